The van der Waals surface area contributed by atoms with Gasteiger partial charge < -0.3 is 10.4 Å². The van der Waals surface area contributed by atoms with E-state index in [1.54, 1.807) is 24.3 Å². The Morgan fingerprint density at radius 2 is 1.55 bits per heavy atom. The molecule has 3 atom stereocenters. The fraction of sp³-hybridized carbons (Fsp3) is 0.625. The third-order valence-corrected chi connectivity index (χ3v) is 8.28. The molecule has 5 aliphatic heterocycles. The molecule has 1 amide bonds. The molecule has 2 bridgehead atoms. The third kappa shape index (κ3) is 3.34. The smallest absolute Gasteiger partial charge is 0.365 e. The number of carbonyl (C=O) groups excluding carboxylic acids is 2. The highest BCUT2D eigenvalue weighted by molar-refractivity contribution is 6.05. The van der Waals surface area contributed by atoms with Crippen LogP contribution < -0.4 is 5.32 Å². The van der Waals surface area contributed by atoms with E-state index in [0.717, 1.165) is 44.9 Å². The predicted molar refractivity (Wildman–Crippen MR) is 114 cm³/mol. The second kappa shape index (κ2) is 8.11. The number of carbonyl (C=O) groups is 3. The minimum absolute atomic E-state index is 0.115. The number of quaternary nitrogens is 1. The summed E-state index contributed by atoms with van der Waals surface area (Å²) in [7, 11) is 0. The van der Waals surface area contributed by atoms with Crippen molar-refractivity contribution in [2.75, 3.05) is 32.7 Å². The van der Waals surface area contributed by atoms with Crippen LogP contribution in [0.1, 0.15) is 59.2 Å². The number of hydrogen-bond donors (Lipinski definition) is 2. The lowest BCUT2D eigenvalue weighted by Gasteiger charge is -2.53. The van der Waals surface area contributed by atoms with Gasteiger partial charge in [0.2, 0.25) is 5.78 Å². The van der Waals surface area contributed by atoms with Crippen LogP contribution in [0.4, 0.5) is 0 Å². The number of piperidine rings is 3. The Morgan fingerprint density at radius 1 is 0.935 bits per heavy atom. The Bertz CT molecular complexity index is 871. The second-order valence-corrected chi connectivity index (χ2v) is 9.71. The van der Waals surface area contributed by atoms with Crippen molar-refractivity contribution in [3.63, 3.8) is 0 Å². The van der Waals surface area contributed by atoms with Gasteiger partial charge in [0.15, 0.2) is 6.04 Å². The van der Waals surface area contributed by atoms with Crippen molar-refractivity contribution in [1.29, 1.82) is 0 Å². The van der Waals surface area contributed by atoms with E-state index in [0.29, 0.717) is 36.4 Å². The molecule has 2 N–H and O–H groups in total. The molecule has 0 spiro atoms. The van der Waals surface area contributed by atoms with Gasteiger partial charge in [-0.1, -0.05) is 12.1 Å². The zero-order valence-electron chi connectivity index (χ0n) is 18.0. The lowest BCUT2D eigenvalue weighted by atomic mass is 9.78. The largest absolute Gasteiger partial charge is 0.481 e. The number of rotatable bonds is 3. The van der Waals surface area contributed by atoms with Crippen molar-refractivity contribution in [2.45, 2.75) is 44.6 Å². The number of nitrogens with one attached hydrogen (secondary N) is 1. The maximum atomic E-state index is 13.9. The molecule has 3 unspecified atom stereocenters. The summed E-state index contributed by atoms with van der Waals surface area (Å²) in [6.45, 7) is 4.15. The molecule has 0 saturated carbocycles. The number of aliphatic carboxylic acids is 1. The van der Waals surface area contributed by atoms with E-state index in [9.17, 15) is 19.5 Å². The fourth-order valence-corrected chi connectivity index (χ4v) is 6.66. The Kier molecular flexibility index (Phi) is 5.44. The van der Waals surface area contributed by atoms with E-state index >= 15 is 0 Å². The van der Waals surface area contributed by atoms with Gasteiger partial charge in [-0.2, -0.15) is 4.59 Å². The van der Waals surface area contributed by atoms with Crippen molar-refractivity contribution in [1.82, 2.24) is 10.3 Å². The molecule has 0 radical (unpaired) electrons. The minimum atomic E-state index is -0.965. The van der Waals surface area contributed by atoms with Crippen LogP contribution in [0.2, 0.25) is 0 Å². The van der Waals surface area contributed by atoms with Crippen LogP contribution in [0.3, 0.4) is 0 Å². The van der Waals surface area contributed by atoms with Gasteiger partial charge in [0.1, 0.15) is 12.5 Å². The van der Waals surface area contributed by atoms with Gasteiger partial charge in [-0.15, -0.1) is 5.01 Å². The zero-order chi connectivity index (χ0) is 21.6. The molecule has 1 aromatic carbocycles. The van der Waals surface area contributed by atoms with Crippen LogP contribution in [-0.2, 0) is 4.79 Å². The summed E-state index contributed by atoms with van der Waals surface area (Å²) >= 11 is 0. The summed E-state index contributed by atoms with van der Waals surface area (Å²) in [5.41, 5.74) is 1.09. The van der Waals surface area contributed by atoms with Gasteiger partial charge in [-0.25, -0.2) is 4.79 Å². The maximum Gasteiger partial charge on any atom is 0.365 e. The van der Waals surface area contributed by atoms with Crippen LogP contribution in [-0.4, -0.2) is 71.1 Å². The number of hydrogen-bond acceptors (Lipinski definition) is 5. The van der Waals surface area contributed by atoms with Crippen LogP contribution >= 0.6 is 0 Å². The molecular formula is C24H32N3O4+. The highest BCUT2D eigenvalue weighted by Crippen LogP contribution is 2.41. The number of amides is 1. The number of Topliss-reactive ketones (excluding diaryl/α,β-unsaturated/α-hetero) is 1. The summed E-state index contributed by atoms with van der Waals surface area (Å²) in [6, 6.07) is 5.96. The van der Waals surface area contributed by atoms with Gasteiger partial charge in [-0.3, -0.25) is 9.59 Å². The first-order valence-corrected chi connectivity index (χ1v) is 11.8. The van der Waals surface area contributed by atoms with E-state index in [-0.39, 0.29) is 16.3 Å². The molecule has 1 aromatic rings. The number of ketones is 1. The second-order valence-electron chi connectivity index (χ2n) is 9.71. The number of carboxylic acids is 1. The summed E-state index contributed by atoms with van der Waals surface area (Å²) in [5.74, 6) is -0.740. The Labute approximate surface area is 183 Å². The standard InChI is InChI=1S/C24H31N3O4/c28-22-18-3-5-19(6-4-18)23(29)27(15-1-2-20(21(22)27)24(30)31)26-13-9-17(10-14-26)16-7-11-25-12-8-16/h3-6,16-17,20-21,25H,1-2,7-15H2/p+1. The van der Waals surface area contributed by atoms with Gasteiger partial charge in [0.05, 0.1) is 5.56 Å². The lowest BCUT2D eigenvalue weighted by Crippen LogP contribution is -2.75. The van der Waals surface area contributed by atoms with Crippen molar-refractivity contribution in [3.05, 3.63) is 35.4 Å². The molecule has 3 saturated heterocycles. The van der Waals surface area contributed by atoms with Crippen LogP contribution in [0.5, 0.6) is 0 Å². The van der Waals surface area contributed by atoms with Crippen molar-refractivity contribution < 1.29 is 24.1 Å². The summed E-state index contributed by atoms with van der Waals surface area (Å²) in [4.78, 5) is 39.7. The monoisotopic (exact) mass is 426 g/mol. The van der Waals surface area contributed by atoms with Gasteiger partial charge >= 0.3 is 11.9 Å². The van der Waals surface area contributed by atoms with Gasteiger partial charge in [0, 0.05) is 18.7 Å². The first kappa shape index (κ1) is 20.8. The molecule has 166 valence electrons. The molecule has 7 nitrogen and oxygen atoms in total. The van der Waals surface area contributed by atoms with Crippen molar-refractivity contribution in [3.8, 4) is 0 Å². The van der Waals surface area contributed by atoms with Gasteiger partial charge in [0.25, 0.3) is 0 Å². The summed E-state index contributed by atoms with van der Waals surface area (Å²) < 4.78 is -0.123. The van der Waals surface area contributed by atoms with E-state index in [1.807, 2.05) is 0 Å². The van der Waals surface area contributed by atoms with E-state index < -0.39 is 17.9 Å². The molecule has 3 fully saturated rings. The van der Waals surface area contributed by atoms with E-state index in [4.69, 9.17) is 0 Å². The fourth-order valence-electron chi connectivity index (χ4n) is 6.66. The van der Waals surface area contributed by atoms with Crippen LogP contribution in [0.25, 0.3) is 0 Å². The van der Waals surface area contributed by atoms with E-state index in [2.05, 4.69) is 10.3 Å². The minimum Gasteiger partial charge on any atom is -0.481 e. The highest BCUT2D eigenvalue weighted by Gasteiger charge is 2.61. The molecule has 7 heteroatoms. The Morgan fingerprint density at radius 3 is 2.19 bits per heavy atom. The van der Waals surface area contributed by atoms with Crippen molar-refractivity contribution >= 4 is 17.7 Å². The average molecular weight is 427 g/mol. The number of nitrogens with zero attached hydrogens (tertiary/aromatic N) is 2. The molecule has 0 aromatic heterocycles. The van der Waals surface area contributed by atoms with Crippen LogP contribution in [0, 0.1) is 17.8 Å². The molecule has 0 aliphatic carbocycles. The predicted octanol–water partition coefficient (Wildman–Crippen LogP) is 2.33. The summed E-state index contributed by atoms with van der Waals surface area (Å²) in [6.07, 6.45) is 5.51. The maximum absolute atomic E-state index is 13.9. The number of fused-ring (bicyclic) bond motifs is 2. The van der Waals surface area contributed by atoms with Crippen LogP contribution in [0.15, 0.2) is 24.3 Å². The highest BCUT2D eigenvalue weighted by atomic mass is 16.4. The first-order chi connectivity index (χ1) is 15.0. The van der Waals surface area contributed by atoms with Gasteiger partial charge in [-0.05, 0) is 75.6 Å². The normalized spacial score (nSPS) is 33.0. The molecule has 31 heavy (non-hydrogen) atoms. The Balaban J connectivity index is 1.50. The van der Waals surface area contributed by atoms with Crippen molar-refractivity contribution in [2.24, 2.45) is 17.8 Å². The SMILES string of the molecule is O=C(O)C1CCC[N+]2(N3CCC(C4CCNCC4)CC3)C(=O)c3ccc(cc3)C(=O)C12. The topological polar surface area (TPSA) is 86.7 Å². The van der Waals surface area contributed by atoms with E-state index in [1.165, 1.54) is 12.8 Å². The molecular weight excluding hydrogens is 394 g/mol. The quantitative estimate of drug-likeness (QED) is 0.722. The molecule has 5 aliphatic rings. The average Bonchev–Trinajstić information content (AvgIpc) is 2.82. The molecule has 6 rings (SSSR count). The number of carboxylic acid groups (broad SMARTS) is 1. The molecule has 5 heterocycles. The zero-order valence-corrected chi connectivity index (χ0v) is 18.0. The summed E-state index contributed by atoms with van der Waals surface area (Å²) in [5, 5.41) is 15.6. The number of benzene rings is 1. The lowest BCUT2D eigenvalue weighted by molar-refractivity contribution is -0.985. The Hall–Kier alpha value is -2.09. The first-order valence-electron chi connectivity index (χ1n) is 11.8. The third-order valence-electron chi connectivity index (χ3n) is 8.28.